The van der Waals surface area contributed by atoms with Gasteiger partial charge in [0.2, 0.25) is 0 Å². The van der Waals surface area contributed by atoms with Gasteiger partial charge in [0, 0.05) is 56.5 Å². The molecule has 0 N–H and O–H groups in total. The first-order valence-electron chi connectivity index (χ1n) is 22.4. The third kappa shape index (κ3) is 6.44. The molecule has 0 aromatic heterocycles. The standard InChI is InChI=1S/C61H45N3/c1-4-22-46(23-5-1)60-53-38-36-50(64(48-29-8-3-9-30-48)59-35-17-25-44-20-11-14-32-52(44)59)42-56(53)61(62-40-18-26-45-21-12-15-33-57(45)62)54-39-37-49(41-55(54)60)63(47-27-6-2-7-28-47)58-34-16-24-43-19-10-13-31-51(43)58/h1-17,19-25,27-39,41-42H,18,26,40H2. The molecular formula is C61H45N3. The molecular weight excluding hydrogens is 775 g/mol. The minimum absolute atomic E-state index is 0.926. The Kier molecular flexibility index (Phi) is 9.38. The van der Waals surface area contributed by atoms with Gasteiger partial charge in [-0.3, -0.25) is 0 Å². The van der Waals surface area contributed by atoms with Gasteiger partial charge in [0.1, 0.15) is 0 Å². The molecule has 0 saturated heterocycles. The highest BCUT2D eigenvalue weighted by Gasteiger charge is 2.27. The van der Waals surface area contributed by atoms with E-state index >= 15 is 0 Å². The molecule has 3 heteroatoms. The van der Waals surface area contributed by atoms with Crippen molar-refractivity contribution >= 4 is 88.6 Å². The van der Waals surface area contributed by atoms with Crippen LogP contribution in [0.15, 0.2) is 237 Å². The van der Waals surface area contributed by atoms with Crippen LogP contribution >= 0.6 is 0 Å². The van der Waals surface area contributed by atoms with Crippen molar-refractivity contribution < 1.29 is 0 Å². The lowest BCUT2D eigenvalue weighted by Gasteiger charge is -2.35. The van der Waals surface area contributed by atoms with Gasteiger partial charge in [0.15, 0.2) is 0 Å². The number of para-hydroxylation sites is 3. The lowest BCUT2D eigenvalue weighted by molar-refractivity contribution is 0.770. The van der Waals surface area contributed by atoms with Crippen LogP contribution < -0.4 is 14.7 Å². The van der Waals surface area contributed by atoms with E-state index in [9.17, 15) is 0 Å². The van der Waals surface area contributed by atoms with Crippen LogP contribution in [-0.4, -0.2) is 6.54 Å². The van der Waals surface area contributed by atoms with E-state index in [4.69, 9.17) is 0 Å². The molecule has 304 valence electrons. The highest BCUT2D eigenvalue weighted by molar-refractivity contribution is 6.23. The van der Waals surface area contributed by atoms with Crippen LogP contribution in [0.2, 0.25) is 0 Å². The molecule has 64 heavy (non-hydrogen) atoms. The predicted molar refractivity (Wildman–Crippen MR) is 273 cm³/mol. The van der Waals surface area contributed by atoms with E-state index in [-0.39, 0.29) is 0 Å². The van der Waals surface area contributed by atoms with Crippen LogP contribution in [0.25, 0.3) is 54.2 Å². The fraction of sp³-hybridized carbons (Fsp3) is 0.0492. The summed E-state index contributed by atoms with van der Waals surface area (Å²) in [5.74, 6) is 0. The van der Waals surface area contributed by atoms with E-state index in [1.807, 2.05) is 0 Å². The molecule has 0 amide bonds. The Morgan fingerprint density at radius 1 is 0.344 bits per heavy atom. The summed E-state index contributed by atoms with van der Waals surface area (Å²) in [4.78, 5) is 7.49. The Bertz CT molecular complexity index is 3480. The molecule has 0 saturated carbocycles. The lowest BCUT2D eigenvalue weighted by atomic mass is 9.88. The van der Waals surface area contributed by atoms with Crippen LogP contribution in [0.3, 0.4) is 0 Å². The Balaban J connectivity index is 1.18. The number of fused-ring (bicyclic) bond motifs is 5. The average Bonchev–Trinajstić information content (AvgIpc) is 3.37. The van der Waals surface area contributed by atoms with Gasteiger partial charge in [-0.25, -0.2) is 0 Å². The van der Waals surface area contributed by atoms with Crippen LogP contribution in [-0.2, 0) is 6.42 Å². The summed E-state index contributed by atoms with van der Waals surface area (Å²) in [6.07, 6.45) is 2.15. The molecule has 1 heterocycles. The summed E-state index contributed by atoms with van der Waals surface area (Å²) in [7, 11) is 0. The monoisotopic (exact) mass is 819 g/mol. The highest BCUT2D eigenvalue weighted by atomic mass is 15.2. The van der Waals surface area contributed by atoms with Crippen molar-refractivity contribution in [2.45, 2.75) is 12.8 Å². The zero-order chi connectivity index (χ0) is 42.4. The summed E-state index contributed by atoms with van der Waals surface area (Å²) >= 11 is 0. The first kappa shape index (κ1) is 37.6. The van der Waals surface area contributed by atoms with E-state index < -0.39 is 0 Å². The summed E-state index contributed by atoms with van der Waals surface area (Å²) in [5.41, 5.74) is 13.1. The molecule has 11 aromatic carbocycles. The van der Waals surface area contributed by atoms with Gasteiger partial charge in [-0.15, -0.1) is 0 Å². The molecule has 0 unspecified atom stereocenters. The lowest BCUT2D eigenvalue weighted by Crippen LogP contribution is -2.25. The maximum atomic E-state index is 2.62. The van der Waals surface area contributed by atoms with E-state index in [0.717, 1.165) is 53.5 Å². The Morgan fingerprint density at radius 3 is 1.47 bits per heavy atom. The van der Waals surface area contributed by atoms with Gasteiger partial charge in [-0.05, 0) is 118 Å². The molecule has 3 nitrogen and oxygen atoms in total. The minimum Gasteiger partial charge on any atom is -0.340 e. The largest absolute Gasteiger partial charge is 0.340 e. The minimum atomic E-state index is 0.926. The Labute approximate surface area is 374 Å². The van der Waals surface area contributed by atoms with Gasteiger partial charge in [0.05, 0.1) is 17.1 Å². The molecule has 0 radical (unpaired) electrons. The van der Waals surface area contributed by atoms with Gasteiger partial charge in [-0.2, -0.15) is 0 Å². The van der Waals surface area contributed by atoms with Gasteiger partial charge in [0.25, 0.3) is 0 Å². The molecule has 0 spiro atoms. The van der Waals surface area contributed by atoms with Crippen LogP contribution in [0.4, 0.5) is 45.5 Å². The molecule has 0 fully saturated rings. The second kappa shape index (κ2) is 16.0. The van der Waals surface area contributed by atoms with E-state index in [2.05, 4.69) is 251 Å². The number of nitrogens with zero attached hydrogens (tertiary/aromatic N) is 3. The molecule has 0 aliphatic carbocycles. The van der Waals surface area contributed by atoms with Crippen molar-refractivity contribution in [2.75, 3.05) is 21.2 Å². The van der Waals surface area contributed by atoms with Crippen molar-refractivity contribution in [1.82, 2.24) is 0 Å². The number of benzene rings is 11. The number of hydrogen-bond acceptors (Lipinski definition) is 3. The van der Waals surface area contributed by atoms with Crippen LogP contribution in [0.5, 0.6) is 0 Å². The number of aryl methyl sites for hydroxylation is 1. The zero-order valence-electron chi connectivity index (χ0n) is 35.5. The first-order valence-corrected chi connectivity index (χ1v) is 22.4. The molecule has 11 aromatic rings. The molecule has 12 rings (SSSR count). The van der Waals surface area contributed by atoms with Crippen molar-refractivity contribution in [3.05, 3.63) is 242 Å². The normalized spacial score (nSPS) is 12.5. The van der Waals surface area contributed by atoms with Gasteiger partial charge < -0.3 is 14.7 Å². The number of rotatable bonds is 8. The highest BCUT2D eigenvalue weighted by Crippen LogP contribution is 2.51. The molecule has 0 bridgehead atoms. The van der Waals surface area contributed by atoms with Crippen LogP contribution in [0, 0.1) is 0 Å². The quantitative estimate of drug-likeness (QED) is 0.141. The second-order valence-electron chi connectivity index (χ2n) is 16.8. The zero-order valence-corrected chi connectivity index (χ0v) is 35.5. The SMILES string of the molecule is c1ccc(-c2c3cc(N(c4ccccc4)c4cccc5ccccc45)ccc3c(N3CCCc4ccccc43)c3cc(N(c4ccccc4)c4cccc5ccccc45)ccc23)cc1. The van der Waals surface area contributed by atoms with E-state index in [1.54, 1.807) is 0 Å². The average molecular weight is 820 g/mol. The van der Waals surface area contributed by atoms with E-state index in [1.165, 1.54) is 71.2 Å². The molecule has 1 aliphatic heterocycles. The fourth-order valence-electron chi connectivity index (χ4n) is 10.2. The molecule has 1 aliphatic rings. The van der Waals surface area contributed by atoms with Gasteiger partial charge >= 0.3 is 0 Å². The van der Waals surface area contributed by atoms with Crippen molar-refractivity contribution in [2.24, 2.45) is 0 Å². The maximum Gasteiger partial charge on any atom is 0.0571 e. The summed E-state index contributed by atoms with van der Waals surface area (Å²) in [6.45, 7) is 0.926. The van der Waals surface area contributed by atoms with Crippen molar-refractivity contribution in [3.8, 4) is 11.1 Å². The summed E-state index contributed by atoms with van der Waals surface area (Å²) < 4.78 is 0. The Hall–Kier alpha value is -8.14. The number of hydrogen-bond donors (Lipinski definition) is 0. The third-order valence-corrected chi connectivity index (χ3v) is 13.1. The summed E-state index contributed by atoms with van der Waals surface area (Å²) in [6, 6.07) is 86.8. The van der Waals surface area contributed by atoms with Crippen molar-refractivity contribution in [3.63, 3.8) is 0 Å². The Morgan fingerprint density at radius 2 is 0.844 bits per heavy atom. The molecule has 0 atom stereocenters. The third-order valence-electron chi connectivity index (χ3n) is 13.1. The number of anilines is 8. The fourth-order valence-corrected chi connectivity index (χ4v) is 10.2. The predicted octanol–water partition coefficient (Wildman–Crippen LogP) is 17.0. The smallest absolute Gasteiger partial charge is 0.0571 e. The maximum absolute atomic E-state index is 2.62. The first-order chi connectivity index (χ1) is 31.8. The topological polar surface area (TPSA) is 9.72 Å². The van der Waals surface area contributed by atoms with Crippen LogP contribution in [0.1, 0.15) is 12.0 Å². The van der Waals surface area contributed by atoms with E-state index in [0.29, 0.717) is 0 Å². The summed E-state index contributed by atoms with van der Waals surface area (Å²) in [5, 5.41) is 9.75. The van der Waals surface area contributed by atoms with Crippen molar-refractivity contribution in [1.29, 1.82) is 0 Å². The second-order valence-corrected chi connectivity index (χ2v) is 16.8. The van der Waals surface area contributed by atoms with Gasteiger partial charge in [-0.1, -0.05) is 170 Å².